The van der Waals surface area contributed by atoms with Gasteiger partial charge in [0.05, 0.1) is 0 Å². The summed E-state index contributed by atoms with van der Waals surface area (Å²) in [5, 5.41) is 3.67. The maximum absolute atomic E-state index is 5.57. The maximum atomic E-state index is 5.57. The molecule has 0 saturated heterocycles. The number of nitrogens with one attached hydrogen (secondary N) is 1. The monoisotopic (exact) mass is 299 g/mol. The van der Waals surface area contributed by atoms with E-state index in [4.69, 9.17) is 9.47 Å². The number of fused-ring (bicyclic) bond motifs is 2. The van der Waals surface area contributed by atoms with Crippen molar-refractivity contribution in [3.63, 3.8) is 0 Å². The van der Waals surface area contributed by atoms with Crippen LogP contribution >= 0.6 is 11.8 Å². The van der Waals surface area contributed by atoms with Gasteiger partial charge in [0.25, 0.3) is 0 Å². The molecule has 2 aromatic rings. The van der Waals surface area contributed by atoms with Gasteiger partial charge in [0.15, 0.2) is 11.5 Å². The standard InChI is InChI=1S/C17H17NO2S/c1-2-7-16-13(5-1)14(8-9-21-16)18-10-12-4-3-6-15-17(12)20-11-19-15/h1-7,14,18H,8-11H2. The Bertz CT molecular complexity index is 659. The van der Waals surface area contributed by atoms with Crippen LogP contribution in [-0.4, -0.2) is 12.5 Å². The molecule has 21 heavy (non-hydrogen) atoms. The third-order valence-electron chi connectivity index (χ3n) is 3.98. The van der Waals surface area contributed by atoms with Crippen molar-refractivity contribution in [2.24, 2.45) is 0 Å². The minimum atomic E-state index is 0.329. The summed E-state index contributed by atoms with van der Waals surface area (Å²) in [6.07, 6.45) is 1.16. The van der Waals surface area contributed by atoms with E-state index in [2.05, 4.69) is 35.6 Å². The predicted octanol–water partition coefficient (Wildman–Crippen LogP) is 3.74. The van der Waals surface area contributed by atoms with Crippen LogP contribution in [0.15, 0.2) is 47.4 Å². The molecular formula is C17H17NO2S. The molecule has 1 N–H and O–H groups in total. The lowest BCUT2D eigenvalue weighted by molar-refractivity contribution is 0.173. The van der Waals surface area contributed by atoms with Crippen molar-refractivity contribution in [3.8, 4) is 11.5 Å². The first-order chi connectivity index (χ1) is 10.4. The van der Waals surface area contributed by atoms with Gasteiger partial charge in [-0.2, -0.15) is 0 Å². The Morgan fingerprint density at radius 2 is 2.05 bits per heavy atom. The first-order valence-electron chi connectivity index (χ1n) is 7.24. The SMILES string of the molecule is c1cc(CNC2CCSc3ccccc32)c2c(c1)OCO2. The second kappa shape index (κ2) is 5.62. The van der Waals surface area contributed by atoms with Crippen LogP contribution in [0.1, 0.15) is 23.6 Å². The highest BCUT2D eigenvalue weighted by molar-refractivity contribution is 7.99. The Balaban J connectivity index is 1.52. The minimum absolute atomic E-state index is 0.329. The molecule has 2 aliphatic rings. The number of benzene rings is 2. The number of thioether (sulfide) groups is 1. The summed E-state index contributed by atoms with van der Waals surface area (Å²) >= 11 is 1.95. The van der Waals surface area contributed by atoms with Crippen molar-refractivity contribution in [2.45, 2.75) is 23.9 Å². The maximum Gasteiger partial charge on any atom is 0.231 e. The Morgan fingerprint density at radius 3 is 3.05 bits per heavy atom. The predicted molar refractivity (Wildman–Crippen MR) is 83.9 cm³/mol. The molecule has 4 rings (SSSR count). The molecule has 2 aliphatic heterocycles. The van der Waals surface area contributed by atoms with E-state index in [-0.39, 0.29) is 0 Å². The highest BCUT2D eigenvalue weighted by Crippen LogP contribution is 2.38. The van der Waals surface area contributed by atoms with Crippen LogP contribution in [0.3, 0.4) is 0 Å². The lowest BCUT2D eigenvalue weighted by atomic mass is 10.0. The number of hydrogen-bond acceptors (Lipinski definition) is 4. The third kappa shape index (κ3) is 2.49. The number of rotatable bonds is 3. The number of para-hydroxylation sites is 1. The van der Waals surface area contributed by atoms with E-state index in [1.165, 1.54) is 21.8 Å². The van der Waals surface area contributed by atoms with E-state index in [9.17, 15) is 0 Å². The fourth-order valence-electron chi connectivity index (χ4n) is 2.92. The Kier molecular flexibility index (Phi) is 3.49. The summed E-state index contributed by atoms with van der Waals surface area (Å²) < 4.78 is 11.0. The van der Waals surface area contributed by atoms with E-state index in [1.54, 1.807) is 0 Å². The van der Waals surface area contributed by atoms with Gasteiger partial charge in [-0.05, 0) is 29.9 Å². The zero-order valence-electron chi connectivity index (χ0n) is 11.7. The third-order valence-corrected chi connectivity index (χ3v) is 5.10. The van der Waals surface area contributed by atoms with Gasteiger partial charge >= 0.3 is 0 Å². The molecule has 0 saturated carbocycles. The smallest absolute Gasteiger partial charge is 0.231 e. The molecule has 0 aromatic heterocycles. The zero-order chi connectivity index (χ0) is 14.1. The molecule has 2 aromatic carbocycles. The fourth-order valence-corrected chi connectivity index (χ4v) is 4.04. The summed E-state index contributed by atoms with van der Waals surface area (Å²) in [7, 11) is 0. The molecule has 0 fully saturated rings. The van der Waals surface area contributed by atoms with Crippen molar-refractivity contribution >= 4 is 11.8 Å². The fraction of sp³-hybridized carbons (Fsp3) is 0.294. The Hall–Kier alpha value is -1.65. The molecule has 1 unspecified atom stereocenters. The van der Waals surface area contributed by atoms with Gasteiger partial charge in [-0.25, -0.2) is 0 Å². The van der Waals surface area contributed by atoms with Crippen molar-refractivity contribution in [1.82, 2.24) is 5.32 Å². The average Bonchev–Trinajstić information content (AvgIpc) is 3.02. The first kappa shape index (κ1) is 13.0. The van der Waals surface area contributed by atoms with Gasteiger partial charge in [-0.3, -0.25) is 0 Å². The minimum Gasteiger partial charge on any atom is -0.454 e. The van der Waals surface area contributed by atoms with Crippen LogP contribution in [0.5, 0.6) is 11.5 Å². The highest BCUT2D eigenvalue weighted by Gasteiger charge is 2.21. The molecule has 0 amide bonds. The van der Waals surface area contributed by atoms with Crippen LogP contribution in [0.2, 0.25) is 0 Å². The summed E-state index contributed by atoms with van der Waals surface area (Å²) in [4.78, 5) is 1.40. The van der Waals surface area contributed by atoms with Gasteiger partial charge in [-0.15, -0.1) is 11.8 Å². The van der Waals surface area contributed by atoms with Gasteiger partial charge in [0.2, 0.25) is 6.79 Å². The van der Waals surface area contributed by atoms with Gasteiger partial charge < -0.3 is 14.8 Å². The van der Waals surface area contributed by atoms with Crippen molar-refractivity contribution in [1.29, 1.82) is 0 Å². The highest BCUT2D eigenvalue weighted by atomic mass is 32.2. The Labute approximate surface area is 128 Å². The van der Waals surface area contributed by atoms with Gasteiger partial charge in [0, 0.05) is 23.0 Å². The van der Waals surface area contributed by atoms with Crippen LogP contribution in [0.4, 0.5) is 0 Å². The van der Waals surface area contributed by atoms with Crippen molar-refractivity contribution in [2.75, 3.05) is 12.5 Å². The molecule has 1 atom stereocenters. The zero-order valence-corrected chi connectivity index (χ0v) is 12.5. The molecule has 0 aliphatic carbocycles. The molecule has 2 heterocycles. The van der Waals surface area contributed by atoms with Gasteiger partial charge in [-0.1, -0.05) is 30.3 Å². The van der Waals surface area contributed by atoms with Crippen LogP contribution in [0, 0.1) is 0 Å². The second-order valence-corrected chi connectivity index (χ2v) is 6.40. The quantitative estimate of drug-likeness (QED) is 0.935. The van der Waals surface area contributed by atoms with E-state index < -0.39 is 0 Å². The molecular weight excluding hydrogens is 282 g/mol. The summed E-state index contributed by atoms with van der Waals surface area (Å²) in [5.74, 6) is 2.92. The summed E-state index contributed by atoms with van der Waals surface area (Å²) in [6, 6.07) is 15.2. The van der Waals surface area contributed by atoms with Gasteiger partial charge in [0.1, 0.15) is 0 Å². The van der Waals surface area contributed by atoms with Crippen LogP contribution < -0.4 is 14.8 Å². The number of hydrogen-bond donors (Lipinski definition) is 1. The lowest BCUT2D eigenvalue weighted by Crippen LogP contribution is -2.24. The molecule has 0 spiro atoms. The average molecular weight is 299 g/mol. The normalized spacial score (nSPS) is 19.3. The molecule has 3 nitrogen and oxygen atoms in total. The van der Waals surface area contributed by atoms with E-state index in [0.29, 0.717) is 12.8 Å². The first-order valence-corrected chi connectivity index (χ1v) is 8.23. The van der Waals surface area contributed by atoms with E-state index in [0.717, 1.165) is 24.5 Å². The van der Waals surface area contributed by atoms with Crippen LogP contribution in [-0.2, 0) is 6.54 Å². The van der Waals surface area contributed by atoms with E-state index in [1.807, 2.05) is 23.9 Å². The number of ether oxygens (including phenoxy) is 2. The molecule has 4 heteroatoms. The second-order valence-electron chi connectivity index (χ2n) is 5.26. The van der Waals surface area contributed by atoms with Crippen molar-refractivity contribution in [3.05, 3.63) is 53.6 Å². The van der Waals surface area contributed by atoms with E-state index >= 15 is 0 Å². The topological polar surface area (TPSA) is 30.5 Å². The molecule has 0 radical (unpaired) electrons. The molecule has 0 bridgehead atoms. The summed E-state index contributed by atoms with van der Waals surface area (Å²) in [5.41, 5.74) is 2.58. The lowest BCUT2D eigenvalue weighted by Gasteiger charge is -2.26. The molecule has 108 valence electrons. The largest absolute Gasteiger partial charge is 0.454 e. The van der Waals surface area contributed by atoms with Crippen molar-refractivity contribution < 1.29 is 9.47 Å². The summed E-state index contributed by atoms with van der Waals surface area (Å²) in [6.45, 7) is 1.13. The Morgan fingerprint density at radius 1 is 1.10 bits per heavy atom. The van der Waals surface area contributed by atoms with Crippen LogP contribution in [0.25, 0.3) is 0 Å².